The van der Waals surface area contributed by atoms with E-state index in [-0.39, 0.29) is 18.6 Å². The standard InChI is InChI=1S/C11H20F4N2O/c1-7(2)17(8(3)4)6-5-16-10(18)11(14,15)9(12)13/h7-9H,5-6H2,1-4H3,(H,16,18). The molecule has 0 saturated carbocycles. The van der Waals surface area contributed by atoms with Gasteiger partial charge in [-0.3, -0.25) is 9.69 Å². The van der Waals surface area contributed by atoms with Crippen molar-refractivity contribution >= 4 is 5.91 Å². The summed E-state index contributed by atoms with van der Waals surface area (Å²) in [5, 5.41) is 1.83. The molecule has 0 rings (SSSR count). The SMILES string of the molecule is CC(C)N(CCNC(=O)C(F)(F)C(F)F)C(C)C. The molecule has 0 aliphatic heterocycles. The number of carbonyl (C=O) groups excluding carboxylic acids is 1. The first kappa shape index (κ1) is 17.2. The van der Waals surface area contributed by atoms with Gasteiger partial charge in [-0.25, -0.2) is 8.78 Å². The fourth-order valence-electron chi connectivity index (χ4n) is 1.63. The predicted molar refractivity (Wildman–Crippen MR) is 60.9 cm³/mol. The molecule has 0 radical (unpaired) electrons. The summed E-state index contributed by atoms with van der Waals surface area (Å²) in [6.07, 6.45) is -3.98. The van der Waals surface area contributed by atoms with Crippen molar-refractivity contribution in [2.24, 2.45) is 0 Å². The van der Waals surface area contributed by atoms with Gasteiger partial charge < -0.3 is 5.32 Å². The quantitative estimate of drug-likeness (QED) is 0.720. The molecule has 0 aromatic heterocycles. The maximum Gasteiger partial charge on any atom is 0.383 e. The third kappa shape index (κ3) is 4.80. The highest BCUT2D eigenvalue weighted by Gasteiger charge is 2.48. The van der Waals surface area contributed by atoms with Crippen molar-refractivity contribution in [3.05, 3.63) is 0 Å². The van der Waals surface area contributed by atoms with Crippen LogP contribution < -0.4 is 5.32 Å². The van der Waals surface area contributed by atoms with Crippen LogP contribution >= 0.6 is 0 Å². The van der Waals surface area contributed by atoms with Crippen LogP contribution in [0.3, 0.4) is 0 Å². The molecule has 0 saturated heterocycles. The van der Waals surface area contributed by atoms with Crippen LogP contribution in [0.25, 0.3) is 0 Å². The lowest BCUT2D eigenvalue weighted by atomic mass is 10.2. The zero-order chi connectivity index (χ0) is 14.5. The number of carbonyl (C=O) groups is 1. The summed E-state index contributed by atoms with van der Waals surface area (Å²) in [5.41, 5.74) is 0. The Labute approximate surface area is 105 Å². The fourth-order valence-corrected chi connectivity index (χ4v) is 1.63. The zero-order valence-electron chi connectivity index (χ0n) is 11.0. The van der Waals surface area contributed by atoms with Crippen LogP contribution in [0.15, 0.2) is 0 Å². The summed E-state index contributed by atoms with van der Waals surface area (Å²) in [7, 11) is 0. The average molecular weight is 272 g/mol. The molecule has 0 spiro atoms. The van der Waals surface area contributed by atoms with Gasteiger partial charge in [0, 0.05) is 25.2 Å². The monoisotopic (exact) mass is 272 g/mol. The minimum atomic E-state index is -4.62. The molecule has 1 N–H and O–H groups in total. The van der Waals surface area contributed by atoms with E-state index < -0.39 is 18.3 Å². The van der Waals surface area contributed by atoms with E-state index >= 15 is 0 Å². The smallest absolute Gasteiger partial charge is 0.349 e. The van der Waals surface area contributed by atoms with E-state index in [9.17, 15) is 22.4 Å². The van der Waals surface area contributed by atoms with Crippen LogP contribution in [0.1, 0.15) is 27.7 Å². The predicted octanol–water partition coefficient (Wildman–Crippen LogP) is 2.12. The first-order valence-electron chi connectivity index (χ1n) is 5.80. The molecule has 0 atom stereocenters. The second-order valence-corrected chi connectivity index (χ2v) is 4.60. The van der Waals surface area contributed by atoms with Gasteiger partial charge in [-0.1, -0.05) is 0 Å². The number of hydrogen-bond donors (Lipinski definition) is 1. The maximum absolute atomic E-state index is 12.6. The molecule has 0 fully saturated rings. The molecule has 7 heteroatoms. The molecule has 0 aliphatic rings. The zero-order valence-corrected chi connectivity index (χ0v) is 11.0. The van der Waals surface area contributed by atoms with E-state index in [4.69, 9.17) is 0 Å². The van der Waals surface area contributed by atoms with Gasteiger partial charge in [0.1, 0.15) is 0 Å². The molecule has 0 aliphatic carbocycles. The molecule has 18 heavy (non-hydrogen) atoms. The Kier molecular flexibility index (Phi) is 6.59. The van der Waals surface area contributed by atoms with Crippen LogP contribution in [0.2, 0.25) is 0 Å². The number of rotatable bonds is 7. The van der Waals surface area contributed by atoms with E-state index in [0.717, 1.165) is 0 Å². The Balaban J connectivity index is 4.23. The van der Waals surface area contributed by atoms with Crippen LogP contribution in [-0.4, -0.2) is 48.3 Å². The van der Waals surface area contributed by atoms with Gasteiger partial charge in [-0.2, -0.15) is 8.78 Å². The molecular formula is C11H20F4N2O. The summed E-state index contributed by atoms with van der Waals surface area (Å²) < 4.78 is 49.0. The van der Waals surface area contributed by atoms with Crippen molar-refractivity contribution in [1.82, 2.24) is 10.2 Å². The van der Waals surface area contributed by atoms with Gasteiger partial charge in [0.25, 0.3) is 5.91 Å². The van der Waals surface area contributed by atoms with Crippen LogP contribution in [0, 0.1) is 0 Å². The van der Waals surface area contributed by atoms with Gasteiger partial charge in [-0.05, 0) is 27.7 Å². The van der Waals surface area contributed by atoms with Crippen molar-refractivity contribution in [2.45, 2.75) is 52.1 Å². The van der Waals surface area contributed by atoms with E-state index in [1.165, 1.54) is 0 Å². The lowest BCUT2D eigenvalue weighted by Gasteiger charge is -2.30. The Morgan fingerprint density at radius 2 is 1.61 bits per heavy atom. The number of amides is 1. The van der Waals surface area contributed by atoms with E-state index in [1.54, 1.807) is 0 Å². The molecule has 0 aromatic rings. The number of nitrogens with one attached hydrogen (secondary N) is 1. The Morgan fingerprint density at radius 3 is 1.94 bits per heavy atom. The molecule has 0 aromatic carbocycles. The molecule has 3 nitrogen and oxygen atoms in total. The highest BCUT2D eigenvalue weighted by atomic mass is 19.3. The normalized spacial score (nSPS) is 12.9. The number of nitrogens with zero attached hydrogens (tertiary/aromatic N) is 1. The number of halogens is 4. The van der Waals surface area contributed by atoms with Gasteiger partial charge in [0.2, 0.25) is 0 Å². The summed E-state index contributed by atoms with van der Waals surface area (Å²) in [6, 6.07) is 0.357. The summed E-state index contributed by atoms with van der Waals surface area (Å²) in [4.78, 5) is 12.8. The lowest BCUT2D eigenvalue weighted by Crippen LogP contribution is -2.48. The van der Waals surface area contributed by atoms with Crippen molar-refractivity contribution in [1.29, 1.82) is 0 Å². The second kappa shape index (κ2) is 6.92. The van der Waals surface area contributed by atoms with Crippen LogP contribution in [0.4, 0.5) is 17.6 Å². The molecule has 1 amide bonds. The highest BCUT2D eigenvalue weighted by molar-refractivity contribution is 5.83. The first-order chi connectivity index (χ1) is 8.10. The summed E-state index contributed by atoms with van der Waals surface area (Å²) >= 11 is 0. The molecule has 0 unspecified atom stereocenters. The minimum absolute atomic E-state index is 0.0858. The molecule has 0 heterocycles. The van der Waals surface area contributed by atoms with E-state index in [1.807, 2.05) is 37.9 Å². The van der Waals surface area contributed by atoms with Crippen LogP contribution in [-0.2, 0) is 4.79 Å². The van der Waals surface area contributed by atoms with Gasteiger partial charge in [0.15, 0.2) is 0 Å². The largest absolute Gasteiger partial charge is 0.383 e. The third-order valence-electron chi connectivity index (χ3n) is 2.56. The van der Waals surface area contributed by atoms with Gasteiger partial charge in [-0.15, -0.1) is 0 Å². The topological polar surface area (TPSA) is 32.3 Å². The second-order valence-electron chi connectivity index (χ2n) is 4.60. The van der Waals surface area contributed by atoms with Crippen molar-refractivity contribution in [2.75, 3.05) is 13.1 Å². The minimum Gasteiger partial charge on any atom is -0.349 e. The Hall–Kier alpha value is -0.850. The average Bonchev–Trinajstić information content (AvgIpc) is 2.22. The summed E-state index contributed by atoms with van der Waals surface area (Å²) in [6.45, 7) is 7.95. The van der Waals surface area contributed by atoms with Crippen LogP contribution in [0.5, 0.6) is 0 Å². The van der Waals surface area contributed by atoms with E-state index in [0.29, 0.717) is 6.54 Å². The first-order valence-corrected chi connectivity index (χ1v) is 5.80. The Bertz CT molecular complexity index is 262. The third-order valence-corrected chi connectivity index (χ3v) is 2.56. The van der Waals surface area contributed by atoms with Gasteiger partial charge >= 0.3 is 12.3 Å². The Morgan fingerprint density at radius 1 is 1.17 bits per heavy atom. The molecule has 0 bridgehead atoms. The van der Waals surface area contributed by atoms with Gasteiger partial charge in [0.05, 0.1) is 0 Å². The number of hydrogen-bond acceptors (Lipinski definition) is 2. The van der Waals surface area contributed by atoms with Crippen molar-refractivity contribution < 1.29 is 22.4 Å². The molecular weight excluding hydrogens is 252 g/mol. The highest BCUT2D eigenvalue weighted by Crippen LogP contribution is 2.22. The molecule has 108 valence electrons. The van der Waals surface area contributed by atoms with Crippen molar-refractivity contribution in [3.8, 4) is 0 Å². The summed E-state index contributed by atoms with van der Waals surface area (Å²) in [5.74, 6) is -6.55. The fraction of sp³-hybridized carbons (Fsp3) is 0.909. The maximum atomic E-state index is 12.6. The number of alkyl halides is 4. The van der Waals surface area contributed by atoms with E-state index in [2.05, 4.69) is 0 Å². The lowest BCUT2D eigenvalue weighted by molar-refractivity contribution is -0.169. The van der Waals surface area contributed by atoms with Crippen molar-refractivity contribution in [3.63, 3.8) is 0 Å².